The summed E-state index contributed by atoms with van der Waals surface area (Å²) in [5, 5.41) is 10.7. The number of halogens is 1. The van der Waals surface area contributed by atoms with Crippen LogP contribution in [0.1, 0.15) is 33.9 Å². The second kappa shape index (κ2) is 8.94. The first-order valence-electron chi connectivity index (χ1n) is 9.27. The topological polar surface area (TPSA) is 23.5 Å². The first-order chi connectivity index (χ1) is 13.0. The zero-order valence-electron chi connectivity index (χ0n) is 15.9. The molecule has 27 heavy (non-hydrogen) atoms. The average molecular weight is 363 g/mol. The molecule has 3 aromatic rings. The number of aliphatic hydroxyl groups excluding tert-OH is 1. The van der Waals surface area contributed by atoms with Gasteiger partial charge in [0.25, 0.3) is 0 Å². The maximum atomic E-state index is 13.2. The third-order valence-electron chi connectivity index (χ3n) is 4.83. The molecule has 0 fully saturated rings. The van der Waals surface area contributed by atoms with Crippen LogP contribution in [-0.2, 0) is 13.1 Å². The van der Waals surface area contributed by atoms with Crippen LogP contribution in [0.25, 0.3) is 0 Å². The maximum absolute atomic E-state index is 13.2. The number of aryl methyl sites for hydroxylation is 2. The van der Waals surface area contributed by atoms with Gasteiger partial charge in [-0.1, -0.05) is 66.2 Å². The van der Waals surface area contributed by atoms with E-state index in [9.17, 15) is 9.50 Å². The van der Waals surface area contributed by atoms with E-state index >= 15 is 0 Å². The third kappa shape index (κ3) is 5.49. The van der Waals surface area contributed by atoms with Gasteiger partial charge in [-0.2, -0.15) is 0 Å². The molecule has 0 aliphatic carbocycles. The van der Waals surface area contributed by atoms with Crippen molar-refractivity contribution >= 4 is 0 Å². The van der Waals surface area contributed by atoms with Gasteiger partial charge in [0.1, 0.15) is 5.82 Å². The summed E-state index contributed by atoms with van der Waals surface area (Å²) >= 11 is 0. The highest BCUT2D eigenvalue weighted by Crippen LogP contribution is 2.20. The van der Waals surface area contributed by atoms with Gasteiger partial charge in [-0.15, -0.1) is 0 Å². The summed E-state index contributed by atoms with van der Waals surface area (Å²) in [6.07, 6.45) is -0.572. The lowest BCUT2D eigenvalue weighted by atomic mass is 10.0. The standard InChI is InChI=1S/C24H26FNO/c1-18-8-11-22(19(2)14-18)16-26(15-20-9-12-23(25)13-10-20)17-24(27)21-6-4-3-5-7-21/h3-14,24,27H,15-17H2,1-2H3. The first-order valence-corrected chi connectivity index (χ1v) is 9.27. The fourth-order valence-corrected chi connectivity index (χ4v) is 3.32. The Labute approximate surface area is 160 Å². The summed E-state index contributed by atoms with van der Waals surface area (Å²) in [7, 11) is 0. The zero-order chi connectivity index (χ0) is 19.2. The van der Waals surface area contributed by atoms with E-state index in [0.29, 0.717) is 13.1 Å². The molecule has 0 amide bonds. The van der Waals surface area contributed by atoms with Gasteiger partial charge >= 0.3 is 0 Å². The molecule has 0 aliphatic rings. The van der Waals surface area contributed by atoms with Crippen molar-refractivity contribution in [1.29, 1.82) is 0 Å². The smallest absolute Gasteiger partial charge is 0.123 e. The number of benzene rings is 3. The molecule has 3 rings (SSSR count). The molecule has 140 valence electrons. The molecule has 1 atom stereocenters. The lowest BCUT2D eigenvalue weighted by Gasteiger charge is -2.26. The summed E-state index contributed by atoms with van der Waals surface area (Å²) in [5.74, 6) is -0.232. The van der Waals surface area contributed by atoms with Gasteiger partial charge < -0.3 is 5.11 Å². The van der Waals surface area contributed by atoms with Crippen LogP contribution in [0.2, 0.25) is 0 Å². The molecule has 0 saturated carbocycles. The van der Waals surface area contributed by atoms with Crippen molar-refractivity contribution < 1.29 is 9.50 Å². The normalized spacial score (nSPS) is 12.3. The molecule has 1 unspecified atom stereocenters. The monoisotopic (exact) mass is 363 g/mol. The van der Waals surface area contributed by atoms with Crippen LogP contribution in [0, 0.1) is 19.7 Å². The van der Waals surface area contributed by atoms with Crippen LogP contribution in [-0.4, -0.2) is 16.6 Å². The van der Waals surface area contributed by atoms with E-state index in [0.717, 1.165) is 17.7 Å². The Balaban J connectivity index is 1.80. The summed E-state index contributed by atoms with van der Waals surface area (Å²) in [4.78, 5) is 2.21. The van der Waals surface area contributed by atoms with Crippen LogP contribution in [0.15, 0.2) is 72.8 Å². The van der Waals surface area contributed by atoms with Crippen molar-refractivity contribution in [3.63, 3.8) is 0 Å². The fourth-order valence-electron chi connectivity index (χ4n) is 3.32. The van der Waals surface area contributed by atoms with E-state index in [1.807, 2.05) is 30.3 Å². The zero-order valence-corrected chi connectivity index (χ0v) is 15.9. The second-order valence-electron chi connectivity index (χ2n) is 7.15. The molecule has 3 heteroatoms. The SMILES string of the molecule is Cc1ccc(CN(Cc2ccc(F)cc2)CC(O)c2ccccc2)c(C)c1. The molecule has 0 spiro atoms. The average Bonchev–Trinajstić information content (AvgIpc) is 2.66. The molecule has 0 radical (unpaired) electrons. The minimum absolute atomic E-state index is 0.232. The van der Waals surface area contributed by atoms with Gasteiger partial charge in [-0.25, -0.2) is 4.39 Å². The Morgan fingerprint density at radius 2 is 1.59 bits per heavy atom. The predicted octanol–water partition coefficient (Wildman–Crippen LogP) is 5.18. The maximum Gasteiger partial charge on any atom is 0.123 e. The van der Waals surface area contributed by atoms with Crippen molar-refractivity contribution in [3.8, 4) is 0 Å². The summed E-state index contributed by atoms with van der Waals surface area (Å²) < 4.78 is 13.2. The first kappa shape index (κ1) is 19.3. The highest BCUT2D eigenvalue weighted by atomic mass is 19.1. The Bertz CT molecular complexity index is 861. The van der Waals surface area contributed by atoms with Gasteiger partial charge in [-0.05, 0) is 48.2 Å². The summed E-state index contributed by atoms with van der Waals surface area (Å²) in [6.45, 7) is 6.10. The molecule has 0 bridgehead atoms. The molecule has 0 aromatic heterocycles. The van der Waals surface area contributed by atoms with Gasteiger partial charge in [0.05, 0.1) is 6.10 Å². The molecule has 0 saturated heterocycles. The quantitative estimate of drug-likeness (QED) is 0.625. The van der Waals surface area contributed by atoms with Crippen molar-refractivity contribution in [2.45, 2.75) is 33.0 Å². The van der Waals surface area contributed by atoms with Gasteiger partial charge in [0, 0.05) is 19.6 Å². The van der Waals surface area contributed by atoms with Gasteiger partial charge in [-0.3, -0.25) is 4.90 Å². The Hall–Kier alpha value is -2.49. The van der Waals surface area contributed by atoms with Gasteiger partial charge in [0.15, 0.2) is 0 Å². The Kier molecular flexibility index (Phi) is 6.38. The van der Waals surface area contributed by atoms with Crippen LogP contribution >= 0.6 is 0 Å². The minimum Gasteiger partial charge on any atom is -0.387 e. The minimum atomic E-state index is -0.572. The van der Waals surface area contributed by atoms with Crippen LogP contribution in [0.3, 0.4) is 0 Å². The highest BCUT2D eigenvalue weighted by molar-refractivity contribution is 5.30. The number of hydrogen-bond acceptors (Lipinski definition) is 2. The van der Waals surface area contributed by atoms with E-state index in [-0.39, 0.29) is 5.82 Å². The van der Waals surface area contributed by atoms with Crippen molar-refractivity contribution in [2.75, 3.05) is 6.54 Å². The van der Waals surface area contributed by atoms with Crippen molar-refractivity contribution in [3.05, 3.63) is 106 Å². The van der Waals surface area contributed by atoms with Crippen molar-refractivity contribution in [2.24, 2.45) is 0 Å². The number of rotatable bonds is 7. The lowest BCUT2D eigenvalue weighted by molar-refractivity contribution is 0.105. The molecular weight excluding hydrogens is 337 g/mol. The fraction of sp³-hybridized carbons (Fsp3) is 0.250. The van der Waals surface area contributed by atoms with Crippen LogP contribution in [0.4, 0.5) is 4.39 Å². The Morgan fingerprint density at radius 1 is 0.889 bits per heavy atom. The summed E-state index contributed by atoms with van der Waals surface area (Å²) in [6, 6.07) is 22.7. The van der Waals surface area contributed by atoms with Crippen LogP contribution < -0.4 is 0 Å². The van der Waals surface area contributed by atoms with E-state index in [1.54, 1.807) is 12.1 Å². The molecule has 3 aromatic carbocycles. The molecule has 1 N–H and O–H groups in total. The van der Waals surface area contributed by atoms with E-state index in [1.165, 1.54) is 28.8 Å². The number of hydrogen-bond donors (Lipinski definition) is 1. The largest absolute Gasteiger partial charge is 0.387 e. The summed E-state index contributed by atoms with van der Waals surface area (Å²) in [5.41, 5.74) is 5.66. The Morgan fingerprint density at radius 3 is 2.26 bits per heavy atom. The molecule has 2 nitrogen and oxygen atoms in total. The second-order valence-corrected chi connectivity index (χ2v) is 7.15. The van der Waals surface area contributed by atoms with E-state index in [2.05, 4.69) is 36.9 Å². The molecular formula is C24H26FNO. The molecule has 0 aliphatic heterocycles. The number of nitrogens with zero attached hydrogens (tertiary/aromatic N) is 1. The predicted molar refractivity (Wildman–Crippen MR) is 108 cm³/mol. The van der Waals surface area contributed by atoms with Crippen LogP contribution in [0.5, 0.6) is 0 Å². The van der Waals surface area contributed by atoms with E-state index in [4.69, 9.17) is 0 Å². The molecule has 0 heterocycles. The third-order valence-corrected chi connectivity index (χ3v) is 4.83. The van der Waals surface area contributed by atoms with E-state index < -0.39 is 6.10 Å². The number of aliphatic hydroxyl groups is 1. The lowest BCUT2D eigenvalue weighted by Crippen LogP contribution is -2.28. The highest BCUT2D eigenvalue weighted by Gasteiger charge is 2.15. The van der Waals surface area contributed by atoms with Crippen molar-refractivity contribution in [1.82, 2.24) is 4.90 Å². The van der Waals surface area contributed by atoms with Gasteiger partial charge in [0.2, 0.25) is 0 Å².